The monoisotopic (exact) mass is 391 g/mol. The van der Waals surface area contributed by atoms with E-state index < -0.39 is 15.6 Å². The molecule has 0 atom stereocenters. The summed E-state index contributed by atoms with van der Waals surface area (Å²) in [5.74, 6) is 0.473. The SMILES string of the molecule is COc1ccc(-c2cc(=O)[nH]c(NS(=O)(=O)c3ccc(Cl)cc3)n2)cc1. The Labute approximate surface area is 154 Å². The molecule has 0 bridgehead atoms. The Bertz CT molecular complexity index is 1080. The molecule has 0 radical (unpaired) electrons. The summed E-state index contributed by atoms with van der Waals surface area (Å²) in [5, 5.41) is 0.414. The van der Waals surface area contributed by atoms with Gasteiger partial charge in [-0.2, -0.15) is 0 Å². The van der Waals surface area contributed by atoms with E-state index in [0.717, 1.165) is 0 Å². The van der Waals surface area contributed by atoms with Crippen molar-refractivity contribution in [2.45, 2.75) is 4.90 Å². The van der Waals surface area contributed by atoms with Gasteiger partial charge in [-0.25, -0.2) is 18.1 Å². The fourth-order valence-electron chi connectivity index (χ4n) is 2.22. The highest BCUT2D eigenvalue weighted by molar-refractivity contribution is 7.92. The molecule has 2 N–H and O–H groups in total. The van der Waals surface area contributed by atoms with Gasteiger partial charge in [-0.15, -0.1) is 0 Å². The van der Waals surface area contributed by atoms with E-state index in [1.165, 1.54) is 30.3 Å². The molecule has 134 valence electrons. The van der Waals surface area contributed by atoms with Crippen LogP contribution in [-0.4, -0.2) is 25.5 Å². The summed E-state index contributed by atoms with van der Waals surface area (Å²) in [4.78, 5) is 18.4. The molecule has 0 aliphatic carbocycles. The molecule has 2 aromatic carbocycles. The summed E-state index contributed by atoms with van der Waals surface area (Å²) >= 11 is 5.77. The first kappa shape index (κ1) is 18.0. The Morgan fingerprint density at radius 1 is 1.08 bits per heavy atom. The van der Waals surface area contributed by atoms with Gasteiger partial charge < -0.3 is 4.74 Å². The first-order valence-electron chi connectivity index (χ1n) is 7.41. The van der Waals surface area contributed by atoms with Gasteiger partial charge in [-0.3, -0.25) is 9.78 Å². The van der Waals surface area contributed by atoms with Gasteiger partial charge in [-0.05, 0) is 48.5 Å². The predicted molar refractivity (Wildman–Crippen MR) is 99.1 cm³/mol. The maximum absolute atomic E-state index is 12.4. The number of aromatic amines is 1. The van der Waals surface area contributed by atoms with Gasteiger partial charge in [0, 0.05) is 16.7 Å². The minimum Gasteiger partial charge on any atom is -0.497 e. The molecule has 0 aliphatic rings. The average Bonchev–Trinajstić information content (AvgIpc) is 2.61. The molecule has 0 aliphatic heterocycles. The standard InChI is InChI=1S/C17H14ClN3O4S/c1-25-13-6-2-11(3-7-13)15-10-16(22)20-17(19-15)21-26(23,24)14-8-4-12(18)5-9-14/h2-10H,1H3,(H2,19,20,21,22). The first-order chi connectivity index (χ1) is 12.4. The van der Waals surface area contributed by atoms with Crippen molar-refractivity contribution in [1.82, 2.24) is 9.97 Å². The summed E-state index contributed by atoms with van der Waals surface area (Å²) in [5.41, 5.74) is 0.480. The lowest BCUT2D eigenvalue weighted by Crippen LogP contribution is -2.18. The summed E-state index contributed by atoms with van der Waals surface area (Å²) in [7, 11) is -2.37. The minimum absolute atomic E-state index is 0.000556. The van der Waals surface area contributed by atoms with E-state index in [2.05, 4.69) is 14.7 Å². The number of rotatable bonds is 5. The van der Waals surface area contributed by atoms with Crippen molar-refractivity contribution in [3.8, 4) is 17.0 Å². The highest BCUT2D eigenvalue weighted by Crippen LogP contribution is 2.21. The number of hydrogen-bond acceptors (Lipinski definition) is 5. The second kappa shape index (κ2) is 7.19. The first-order valence-corrected chi connectivity index (χ1v) is 9.28. The normalized spacial score (nSPS) is 11.2. The number of aromatic nitrogens is 2. The molecular formula is C17H14ClN3O4S. The summed E-state index contributed by atoms with van der Waals surface area (Å²) in [6.07, 6.45) is 0. The van der Waals surface area contributed by atoms with E-state index in [1.807, 2.05) is 0 Å². The molecule has 0 amide bonds. The molecule has 7 nitrogen and oxygen atoms in total. The van der Waals surface area contributed by atoms with E-state index >= 15 is 0 Å². The maximum atomic E-state index is 12.4. The molecule has 0 fully saturated rings. The van der Waals surface area contributed by atoms with Crippen LogP contribution in [0.4, 0.5) is 5.95 Å². The van der Waals surface area contributed by atoms with Crippen LogP contribution in [0, 0.1) is 0 Å². The fraction of sp³-hybridized carbons (Fsp3) is 0.0588. The van der Waals surface area contributed by atoms with Gasteiger partial charge >= 0.3 is 0 Å². The van der Waals surface area contributed by atoms with E-state index in [1.54, 1.807) is 31.4 Å². The van der Waals surface area contributed by atoms with Gasteiger partial charge in [0.2, 0.25) is 5.95 Å². The van der Waals surface area contributed by atoms with Gasteiger partial charge in [0.05, 0.1) is 17.7 Å². The number of methoxy groups -OCH3 is 1. The number of H-pyrrole nitrogens is 1. The zero-order valence-corrected chi connectivity index (χ0v) is 15.1. The lowest BCUT2D eigenvalue weighted by molar-refractivity contribution is 0.415. The van der Waals surface area contributed by atoms with Crippen molar-refractivity contribution in [3.05, 3.63) is 70.0 Å². The zero-order valence-electron chi connectivity index (χ0n) is 13.6. The van der Waals surface area contributed by atoms with Crippen molar-refractivity contribution in [2.24, 2.45) is 0 Å². The van der Waals surface area contributed by atoms with Crippen LogP contribution in [0.2, 0.25) is 5.02 Å². The quantitative estimate of drug-likeness (QED) is 0.696. The number of nitrogens with zero attached hydrogens (tertiary/aromatic N) is 1. The summed E-state index contributed by atoms with van der Waals surface area (Å²) in [6, 6.07) is 13.8. The maximum Gasteiger partial charge on any atom is 0.264 e. The Morgan fingerprint density at radius 3 is 2.35 bits per heavy atom. The molecule has 0 saturated heterocycles. The molecular weight excluding hydrogens is 378 g/mol. The van der Waals surface area contributed by atoms with Crippen LogP contribution in [0.5, 0.6) is 5.75 Å². The molecule has 3 aromatic rings. The number of ether oxygens (including phenoxy) is 1. The van der Waals surface area contributed by atoms with Crippen molar-refractivity contribution in [3.63, 3.8) is 0 Å². The molecule has 9 heteroatoms. The van der Waals surface area contributed by atoms with Crippen molar-refractivity contribution < 1.29 is 13.2 Å². The number of hydrogen-bond donors (Lipinski definition) is 2. The van der Waals surface area contributed by atoms with Gasteiger partial charge in [0.1, 0.15) is 5.75 Å². The lowest BCUT2D eigenvalue weighted by Gasteiger charge is -2.09. The van der Waals surface area contributed by atoms with Crippen molar-refractivity contribution in [1.29, 1.82) is 0 Å². The molecule has 0 spiro atoms. The predicted octanol–water partition coefficient (Wildman–Crippen LogP) is 2.90. The third kappa shape index (κ3) is 4.04. The molecule has 0 saturated carbocycles. The number of nitrogens with one attached hydrogen (secondary N) is 2. The molecule has 0 unspecified atom stereocenters. The number of anilines is 1. The van der Waals surface area contributed by atoms with Crippen LogP contribution in [0.1, 0.15) is 0 Å². The Kier molecular flexibility index (Phi) is 4.97. The van der Waals surface area contributed by atoms with Crippen molar-refractivity contribution in [2.75, 3.05) is 11.8 Å². The largest absolute Gasteiger partial charge is 0.497 e. The van der Waals surface area contributed by atoms with E-state index in [-0.39, 0.29) is 10.8 Å². The molecule has 26 heavy (non-hydrogen) atoms. The van der Waals surface area contributed by atoms with Crippen LogP contribution < -0.4 is 15.0 Å². The smallest absolute Gasteiger partial charge is 0.264 e. The van der Waals surface area contributed by atoms with Crippen LogP contribution >= 0.6 is 11.6 Å². The summed E-state index contributed by atoms with van der Waals surface area (Å²) in [6.45, 7) is 0. The van der Waals surface area contributed by atoms with Crippen LogP contribution in [-0.2, 0) is 10.0 Å². The number of halogens is 1. The van der Waals surface area contributed by atoms with E-state index in [0.29, 0.717) is 22.0 Å². The van der Waals surface area contributed by atoms with E-state index in [9.17, 15) is 13.2 Å². The molecule has 3 rings (SSSR count). The van der Waals surface area contributed by atoms with Crippen LogP contribution in [0.15, 0.2) is 64.3 Å². The summed E-state index contributed by atoms with van der Waals surface area (Å²) < 4.78 is 32.2. The molecule has 1 aromatic heterocycles. The number of sulfonamides is 1. The fourth-order valence-corrected chi connectivity index (χ4v) is 3.31. The van der Waals surface area contributed by atoms with Gasteiger partial charge in [-0.1, -0.05) is 11.6 Å². The second-order valence-corrected chi connectivity index (χ2v) is 7.39. The van der Waals surface area contributed by atoms with Crippen LogP contribution in [0.3, 0.4) is 0 Å². The van der Waals surface area contributed by atoms with Gasteiger partial charge in [0.25, 0.3) is 15.6 Å². The Morgan fingerprint density at radius 2 is 1.73 bits per heavy atom. The van der Waals surface area contributed by atoms with Gasteiger partial charge in [0.15, 0.2) is 0 Å². The average molecular weight is 392 g/mol. The number of benzene rings is 2. The third-order valence-electron chi connectivity index (χ3n) is 3.48. The molecule has 1 heterocycles. The third-order valence-corrected chi connectivity index (χ3v) is 5.09. The Hall–Kier alpha value is -2.84. The topological polar surface area (TPSA) is 101 Å². The highest BCUT2D eigenvalue weighted by Gasteiger charge is 2.16. The second-order valence-electron chi connectivity index (χ2n) is 5.27. The van der Waals surface area contributed by atoms with Crippen LogP contribution in [0.25, 0.3) is 11.3 Å². The minimum atomic E-state index is -3.92. The lowest BCUT2D eigenvalue weighted by atomic mass is 10.1. The van der Waals surface area contributed by atoms with Crippen molar-refractivity contribution >= 4 is 27.6 Å². The zero-order chi connectivity index (χ0) is 18.7. The highest BCUT2D eigenvalue weighted by atomic mass is 35.5. The van der Waals surface area contributed by atoms with E-state index in [4.69, 9.17) is 16.3 Å². The Balaban J connectivity index is 1.94.